The lowest BCUT2D eigenvalue weighted by atomic mass is 9.92. The van der Waals surface area contributed by atoms with Crippen LogP contribution in [-0.2, 0) is 0 Å². The quantitative estimate of drug-likeness (QED) is 0.740. The predicted molar refractivity (Wildman–Crippen MR) is 74.5 cm³/mol. The topological polar surface area (TPSA) is 12.9 Å². The molecule has 0 radical (unpaired) electrons. The number of rotatable bonds is 3. The fourth-order valence-corrected chi connectivity index (χ4v) is 2.30. The minimum atomic E-state index is -0.113. The lowest BCUT2D eigenvalue weighted by Gasteiger charge is -2.17. The zero-order chi connectivity index (χ0) is 13.3. The van der Waals surface area contributed by atoms with Crippen LogP contribution in [0.4, 0.5) is 4.39 Å². The van der Waals surface area contributed by atoms with Crippen molar-refractivity contribution in [2.75, 3.05) is 0 Å². The van der Waals surface area contributed by atoms with Crippen molar-refractivity contribution >= 4 is 10.9 Å². The molecule has 1 heterocycles. The Hall–Kier alpha value is -1.44. The molecule has 0 saturated carbocycles. The monoisotopic (exact) mass is 245 g/mol. The van der Waals surface area contributed by atoms with Gasteiger partial charge in [-0.05, 0) is 24.3 Å². The molecule has 0 saturated heterocycles. The van der Waals surface area contributed by atoms with E-state index >= 15 is 0 Å². The second-order valence-electron chi connectivity index (χ2n) is 5.21. The van der Waals surface area contributed by atoms with Gasteiger partial charge in [-0.1, -0.05) is 45.9 Å². The van der Waals surface area contributed by atoms with E-state index < -0.39 is 0 Å². The molecule has 0 fully saturated rings. The van der Waals surface area contributed by atoms with Gasteiger partial charge in [0.15, 0.2) is 0 Å². The Morgan fingerprint density at radius 3 is 2.44 bits per heavy atom. The van der Waals surface area contributed by atoms with Gasteiger partial charge in [0.05, 0.1) is 11.2 Å². The standard InChI is InChI=1S/C16H20FN/c1-5-11(4)14-12-8-6-7-9-13(12)18-16(10(2)3)15(14)17/h6-11H,5H2,1-4H3. The van der Waals surface area contributed by atoms with Crippen LogP contribution in [0.5, 0.6) is 0 Å². The molecule has 1 atom stereocenters. The number of fused-ring (bicyclic) bond motifs is 1. The Balaban J connectivity index is 2.81. The number of hydrogen-bond acceptors (Lipinski definition) is 1. The zero-order valence-corrected chi connectivity index (χ0v) is 11.5. The summed E-state index contributed by atoms with van der Waals surface area (Å²) in [6.07, 6.45) is 0.933. The van der Waals surface area contributed by atoms with Crippen molar-refractivity contribution in [1.82, 2.24) is 4.98 Å². The van der Waals surface area contributed by atoms with E-state index in [-0.39, 0.29) is 17.7 Å². The summed E-state index contributed by atoms with van der Waals surface area (Å²) >= 11 is 0. The van der Waals surface area contributed by atoms with Gasteiger partial charge in [0.1, 0.15) is 5.82 Å². The second kappa shape index (κ2) is 5.05. The van der Waals surface area contributed by atoms with Gasteiger partial charge in [0.2, 0.25) is 0 Å². The number of benzene rings is 1. The first-order chi connectivity index (χ1) is 8.56. The van der Waals surface area contributed by atoms with Crippen molar-refractivity contribution in [2.24, 2.45) is 0 Å². The number of nitrogens with zero attached hydrogens (tertiary/aromatic N) is 1. The summed E-state index contributed by atoms with van der Waals surface area (Å²) in [4.78, 5) is 4.48. The fourth-order valence-electron chi connectivity index (χ4n) is 2.30. The highest BCUT2D eigenvalue weighted by atomic mass is 19.1. The van der Waals surface area contributed by atoms with E-state index in [9.17, 15) is 4.39 Å². The number of para-hydroxylation sites is 1. The van der Waals surface area contributed by atoms with Gasteiger partial charge in [-0.15, -0.1) is 0 Å². The lowest BCUT2D eigenvalue weighted by molar-refractivity contribution is 0.555. The molecule has 96 valence electrons. The van der Waals surface area contributed by atoms with Crippen molar-refractivity contribution in [3.63, 3.8) is 0 Å². The molecule has 1 unspecified atom stereocenters. The highest BCUT2D eigenvalue weighted by Crippen LogP contribution is 2.32. The summed E-state index contributed by atoms with van der Waals surface area (Å²) in [5, 5.41) is 0.953. The maximum Gasteiger partial charge on any atom is 0.149 e. The van der Waals surface area contributed by atoms with Gasteiger partial charge in [0, 0.05) is 10.9 Å². The first kappa shape index (κ1) is 13.0. The first-order valence-corrected chi connectivity index (χ1v) is 6.64. The highest BCUT2D eigenvalue weighted by molar-refractivity contribution is 5.83. The molecule has 2 aromatic rings. The summed E-state index contributed by atoms with van der Waals surface area (Å²) in [7, 11) is 0. The third kappa shape index (κ3) is 2.12. The average Bonchev–Trinajstić information content (AvgIpc) is 2.37. The van der Waals surface area contributed by atoms with Gasteiger partial charge in [-0.2, -0.15) is 0 Å². The molecule has 2 rings (SSSR count). The minimum Gasteiger partial charge on any atom is -0.249 e. The number of hydrogen-bond donors (Lipinski definition) is 0. The van der Waals surface area contributed by atoms with Gasteiger partial charge in [-0.3, -0.25) is 0 Å². The van der Waals surface area contributed by atoms with Crippen molar-refractivity contribution in [1.29, 1.82) is 0 Å². The Kier molecular flexibility index (Phi) is 3.65. The Labute approximate surface area is 108 Å². The number of pyridine rings is 1. The van der Waals surface area contributed by atoms with Crippen LogP contribution in [0.2, 0.25) is 0 Å². The maximum absolute atomic E-state index is 14.6. The van der Waals surface area contributed by atoms with E-state index in [1.165, 1.54) is 0 Å². The molecule has 0 aliphatic rings. The van der Waals surface area contributed by atoms with E-state index in [1.807, 2.05) is 38.1 Å². The molecule has 0 spiro atoms. The maximum atomic E-state index is 14.6. The van der Waals surface area contributed by atoms with Crippen molar-refractivity contribution in [2.45, 2.75) is 46.0 Å². The van der Waals surface area contributed by atoms with Crippen LogP contribution < -0.4 is 0 Å². The molecule has 0 aliphatic heterocycles. The van der Waals surface area contributed by atoms with E-state index in [2.05, 4.69) is 18.8 Å². The SMILES string of the molecule is CCC(C)c1c(F)c(C(C)C)nc2ccccc12. The molecule has 1 aromatic carbocycles. The first-order valence-electron chi connectivity index (χ1n) is 6.64. The van der Waals surface area contributed by atoms with Crippen LogP contribution >= 0.6 is 0 Å². The zero-order valence-electron chi connectivity index (χ0n) is 11.5. The van der Waals surface area contributed by atoms with E-state index in [4.69, 9.17) is 0 Å². The third-order valence-corrected chi connectivity index (χ3v) is 3.55. The predicted octanol–water partition coefficient (Wildman–Crippen LogP) is 5.01. The normalized spacial score (nSPS) is 13.2. The van der Waals surface area contributed by atoms with Crippen LogP contribution in [0.15, 0.2) is 24.3 Å². The molecule has 2 heteroatoms. The fraction of sp³-hybridized carbons (Fsp3) is 0.438. The number of aromatic nitrogens is 1. The number of halogens is 1. The third-order valence-electron chi connectivity index (χ3n) is 3.55. The Bertz CT molecular complexity index is 560. The average molecular weight is 245 g/mol. The summed E-state index contributed by atoms with van der Waals surface area (Å²) in [5.74, 6) is 0.214. The molecule has 18 heavy (non-hydrogen) atoms. The van der Waals surface area contributed by atoms with Gasteiger partial charge in [0.25, 0.3) is 0 Å². The second-order valence-corrected chi connectivity index (χ2v) is 5.21. The molecule has 1 aromatic heterocycles. The molecular weight excluding hydrogens is 225 g/mol. The summed E-state index contributed by atoms with van der Waals surface area (Å²) in [6, 6.07) is 7.84. The van der Waals surface area contributed by atoms with E-state index in [0.29, 0.717) is 5.69 Å². The van der Waals surface area contributed by atoms with Crippen LogP contribution in [-0.4, -0.2) is 4.98 Å². The molecular formula is C16H20FN. The minimum absolute atomic E-state index is 0.109. The van der Waals surface area contributed by atoms with E-state index in [0.717, 1.165) is 22.9 Å². The largest absolute Gasteiger partial charge is 0.249 e. The summed E-state index contributed by atoms with van der Waals surface area (Å²) in [5.41, 5.74) is 2.31. The van der Waals surface area contributed by atoms with Gasteiger partial charge >= 0.3 is 0 Å². The smallest absolute Gasteiger partial charge is 0.149 e. The molecule has 0 N–H and O–H groups in total. The van der Waals surface area contributed by atoms with Crippen molar-refractivity contribution < 1.29 is 4.39 Å². The van der Waals surface area contributed by atoms with Crippen molar-refractivity contribution in [3.05, 3.63) is 41.3 Å². The van der Waals surface area contributed by atoms with Gasteiger partial charge in [-0.25, -0.2) is 9.37 Å². The van der Waals surface area contributed by atoms with Crippen molar-refractivity contribution in [3.8, 4) is 0 Å². The Morgan fingerprint density at radius 2 is 1.83 bits per heavy atom. The van der Waals surface area contributed by atoms with E-state index in [1.54, 1.807) is 0 Å². The molecule has 1 nitrogen and oxygen atoms in total. The van der Waals surface area contributed by atoms with Crippen LogP contribution in [0.25, 0.3) is 10.9 Å². The molecule has 0 amide bonds. The van der Waals surface area contributed by atoms with Crippen LogP contribution in [0.3, 0.4) is 0 Å². The van der Waals surface area contributed by atoms with Gasteiger partial charge < -0.3 is 0 Å². The summed E-state index contributed by atoms with van der Waals surface area (Å²) in [6.45, 7) is 8.14. The lowest BCUT2D eigenvalue weighted by Crippen LogP contribution is -2.06. The highest BCUT2D eigenvalue weighted by Gasteiger charge is 2.20. The summed E-state index contributed by atoms with van der Waals surface area (Å²) < 4.78 is 14.6. The molecule has 0 aliphatic carbocycles. The molecule has 0 bridgehead atoms. The Morgan fingerprint density at radius 1 is 1.17 bits per heavy atom. The van der Waals surface area contributed by atoms with Crippen LogP contribution in [0, 0.1) is 5.82 Å². The van der Waals surface area contributed by atoms with Crippen LogP contribution in [0.1, 0.15) is 57.2 Å².